The summed E-state index contributed by atoms with van der Waals surface area (Å²) in [6, 6.07) is 30.3. The molecule has 0 saturated heterocycles. The Kier molecular flexibility index (Phi) is 11.2. The van der Waals surface area contributed by atoms with Crippen molar-refractivity contribution < 1.29 is 18.0 Å². The van der Waals surface area contributed by atoms with Gasteiger partial charge in [-0.3, -0.25) is 13.9 Å². The summed E-state index contributed by atoms with van der Waals surface area (Å²) in [5, 5.41) is 3.02. The molecule has 0 heterocycles. The van der Waals surface area contributed by atoms with Gasteiger partial charge < -0.3 is 10.2 Å². The van der Waals surface area contributed by atoms with Crippen LogP contribution in [0.25, 0.3) is 0 Å². The first kappa shape index (κ1) is 33.5. The van der Waals surface area contributed by atoms with Gasteiger partial charge in [0.2, 0.25) is 11.8 Å². The molecule has 1 atom stereocenters. The highest BCUT2D eigenvalue weighted by Crippen LogP contribution is 2.29. The van der Waals surface area contributed by atoms with Gasteiger partial charge in [-0.25, -0.2) is 8.42 Å². The molecular formula is C37H43N3O4S. The number of carbonyl (C=O) groups is 2. The van der Waals surface area contributed by atoms with E-state index in [1.807, 2.05) is 107 Å². The third kappa shape index (κ3) is 8.82. The van der Waals surface area contributed by atoms with E-state index >= 15 is 0 Å². The summed E-state index contributed by atoms with van der Waals surface area (Å²) < 4.78 is 29.7. The molecule has 0 fully saturated rings. The van der Waals surface area contributed by atoms with Gasteiger partial charge >= 0.3 is 0 Å². The summed E-state index contributed by atoms with van der Waals surface area (Å²) in [5.41, 5.74) is 4.66. The van der Waals surface area contributed by atoms with Crippen LogP contribution in [0.5, 0.6) is 0 Å². The smallest absolute Gasteiger partial charge is 0.264 e. The number of anilines is 1. The summed E-state index contributed by atoms with van der Waals surface area (Å²) in [6.45, 7) is 9.74. The molecule has 0 unspecified atom stereocenters. The Morgan fingerprint density at radius 1 is 0.756 bits per heavy atom. The molecular weight excluding hydrogens is 582 g/mol. The van der Waals surface area contributed by atoms with Crippen molar-refractivity contribution in [3.63, 3.8) is 0 Å². The highest BCUT2D eigenvalue weighted by atomic mass is 32.2. The zero-order valence-electron chi connectivity index (χ0n) is 26.7. The Labute approximate surface area is 268 Å². The first-order valence-electron chi connectivity index (χ1n) is 15.3. The summed E-state index contributed by atoms with van der Waals surface area (Å²) in [7, 11) is -4.15. The van der Waals surface area contributed by atoms with Crippen LogP contribution in [-0.4, -0.2) is 44.3 Å². The second-order valence-electron chi connectivity index (χ2n) is 12.0. The van der Waals surface area contributed by atoms with Gasteiger partial charge in [0.15, 0.2) is 0 Å². The number of hydrogen-bond acceptors (Lipinski definition) is 4. The van der Waals surface area contributed by atoms with Crippen LogP contribution in [0.1, 0.15) is 41.7 Å². The zero-order valence-corrected chi connectivity index (χ0v) is 27.6. The lowest BCUT2D eigenvalue weighted by molar-refractivity contribution is -0.140. The zero-order chi connectivity index (χ0) is 32.6. The number of hydrogen-bond donors (Lipinski definition) is 1. The largest absolute Gasteiger partial charge is 0.354 e. The fourth-order valence-corrected chi connectivity index (χ4v) is 6.57. The fourth-order valence-electron chi connectivity index (χ4n) is 5.10. The average Bonchev–Trinajstić information content (AvgIpc) is 3.02. The monoisotopic (exact) mass is 625 g/mol. The van der Waals surface area contributed by atoms with Gasteiger partial charge in [-0.1, -0.05) is 104 Å². The maximum absolute atomic E-state index is 14.6. The first-order chi connectivity index (χ1) is 21.5. The normalized spacial score (nSPS) is 12.0. The Morgan fingerprint density at radius 2 is 1.33 bits per heavy atom. The van der Waals surface area contributed by atoms with E-state index in [1.165, 1.54) is 9.21 Å². The van der Waals surface area contributed by atoms with Crippen molar-refractivity contribution in [2.45, 2.75) is 58.5 Å². The molecule has 0 bridgehead atoms. The summed E-state index contributed by atoms with van der Waals surface area (Å²) >= 11 is 0. The van der Waals surface area contributed by atoms with Crippen molar-refractivity contribution >= 4 is 27.5 Å². The maximum Gasteiger partial charge on any atom is 0.264 e. The van der Waals surface area contributed by atoms with Gasteiger partial charge in [0, 0.05) is 19.5 Å². The molecule has 0 aliphatic rings. The lowest BCUT2D eigenvalue weighted by Gasteiger charge is -2.34. The lowest BCUT2D eigenvalue weighted by Crippen LogP contribution is -2.53. The van der Waals surface area contributed by atoms with Crippen LogP contribution in [0.4, 0.5) is 5.69 Å². The molecule has 0 saturated carbocycles. The molecule has 0 spiro atoms. The number of nitrogens with one attached hydrogen (secondary N) is 1. The third-order valence-electron chi connectivity index (χ3n) is 7.67. The molecule has 0 radical (unpaired) electrons. The van der Waals surface area contributed by atoms with Gasteiger partial charge in [0.25, 0.3) is 10.0 Å². The van der Waals surface area contributed by atoms with Crippen molar-refractivity contribution in [1.29, 1.82) is 0 Å². The van der Waals surface area contributed by atoms with Gasteiger partial charge in [-0.05, 0) is 67.1 Å². The number of nitrogens with zero attached hydrogens (tertiary/aromatic N) is 2. The molecule has 1 N–H and O–H groups in total. The predicted molar refractivity (Wildman–Crippen MR) is 180 cm³/mol. The van der Waals surface area contributed by atoms with Crippen LogP contribution >= 0.6 is 0 Å². The van der Waals surface area contributed by atoms with Crippen LogP contribution in [0.15, 0.2) is 108 Å². The van der Waals surface area contributed by atoms with Crippen LogP contribution in [-0.2, 0) is 32.6 Å². The van der Waals surface area contributed by atoms with E-state index in [4.69, 9.17) is 0 Å². The molecule has 7 nitrogen and oxygen atoms in total. The van der Waals surface area contributed by atoms with Gasteiger partial charge in [-0.2, -0.15) is 0 Å². The SMILES string of the molecule is Cc1ccc(S(=O)(=O)N(CC(=O)N(Cc2ccccc2)[C@@H](Cc2ccccc2)C(=O)NCC(C)C)c2cc(C)ccc2C)cc1. The van der Waals surface area contributed by atoms with Crippen molar-refractivity contribution in [2.24, 2.45) is 5.92 Å². The number of carbonyl (C=O) groups excluding carboxylic acids is 2. The number of aryl methyl sites for hydroxylation is 3. The molecule has 8 heteroatoms. The van der Waals surface area contributed by atoms with Gasteiger partial charge in [0.05, 0.1) is 10.6 Å². The van der Waals surface area contributed by atoms with Crippen LogP contribution in [0, 0.1) is 26.7 Å². The topological polar surface area (TPSA) is 86.8 Å². The minimum absolute atomic E-state index is 0.0897. The molecule has 4 rings (SSSR count). The minimum atomic E-state index is -4.15. The molecule has 4 aromatic rings. The van der Waals surface area contributed by atoms with Crippen molar-refractivity contribution in [1.82, 2.24) is 10.2 Å². The van der Waals surface area contributed by atoms with E-state index in [-0.39, 0.29) is 29.7 Å². The standard InChI is InChI=1S/C37H43N3O4S/c1-27(2)24-38-37(42)35(23-31-12-8-6-9-13-31)39(25-32-14-10-7-11-15-32)36(41)26-40(34-22-29(4)16-19-30(34)5)45(43,44)33-20-17-28(3)18-21-33/h6-22,27,35H,23-26H2,1-5H3,(H,38,42)/t35-/m0/s1. The lowest BCUT2D eigenvalue weighted by atomic mass is 10.0. The summed E-state index contributed by atoms with van der Waals surface area (Å²) in [6.07, 6.45) is 0.275. The van der Waals surface area contributed by atoms with E-state index in [0.29, 0.717) is 17.8 Å². The molecule has 4 aromatic carbocycles. The predicted octanol–water partition coefficient (Wildman–Crippen LogP) is 6.22. The van der Waals surface area contributed by atoms with Gasteiger partial charge in [0.1, 0.15) is 12.6 Å². The van der Waals surface area contributed by atoms with Crippen LogP contribution in [0.3, 0.4) is 0 Å². The highest BCUT2D eigenvalue weighted by Gasteiger charge is 2.35. The summed E-state index contributed by atoms with van der Waals surface area (Å²) in [5.74, 6) is -0.545. The number of sulfonamides is 1. The highest BCUT2D eigenvalue weighted by molar-refractivity contribution is 7.92. The molecule has 236 valence electrons. The Balaban J connectivity index is 1.81. The Morgan fingerprint density at radius 3 is 1.93 bits per heavy atom. The van der Waals surface area contributed by atoms with E-state index in [0.717, 1.165) is 22.3 Å². The molecule has 2 amide bonds. The van der Waals surface area contributed by atoms with Crippen LogP contribution < -0.4 is 9.62 Å². The van der Waals surface area contributed by atoms with E-state index in [1.54, 1.807) is 30.3 Å². The second kappa shape index (κ2) is 15.0. The maximum atomic E-state index is 14.6. The van der Waals surface area contributed by atoms with Crippen LogP contribution in [0.2, 0.25) is 0 Å². The summed E-state index contributed by atoms with van der Waals surface area (Å²) in [4.78, 5) is 30.0. The molecule has 0 aliphatic heterocycles. The van der Waals surface area contributed by atoms with Crippen molar-refractivity contribution in [2.75, 3.05) is 17.4 Å². The fraction of sp³-hybridized carbons (Fsp3) is 0.297. The molecule has 45 heavy (non-hydrogen) atoms. The average molecular weight is 626 g/mol. The quantitative estimate of drug-likeness (QED) is 0.191. The third-order valence-corrected chi connectivity index (χ3v) is 9.45. The van der Waals surface area contributed by atoms with Crippen molar-refractivity contribution in [3.05, 3.63) is 131 Å². The van der Waals surface area contributed by atoms with E-state index < -0.39 is 28.5 Å². The van der Waals surface area contributed by atoms with E-state index in [9.17, 15) is 18.0 Å². The second-order valence-corrected chi connectivity index (χ2v) is 13.8. The Bertz CT molecular complexity index is 1690. The van der Waals surface area contributed by atoms with E-state index in [2.05, 4.69) is 5.32 Å². The number of rotatable bonds is 13. The number of benzene rings is 4. The molecule has 0 aliphatic carbocycles. The molecule has 0 aromatic heterocycles. The Hall–Kier alpha value is -4.43. The van der Waals surface area contributed by atoms with Gasteiger partial charge in [-0.15, -0.1) is 0 Å². The first-order valence-corrected chi connectivity index (χ1v) is 16.7. The number of amides is 2. The minimum Gasteiger partial charge on any atom is -0.354 e. The van der Waals surface area contributed by atoms with Crippen molar-refractivity contribution in [3.8, 4) is 0 Å².